The van der Waals surface area contributed by atoms with Gasteiger partial charge in [0.2, 0.25) is 5.82 Å². The fraction of sp³-hybridized carbons (Fsp3) is 0.700. The molecule has 0 aromatic carbocycles. The van der Waals surface area contributed by atoms with E-state index in [1.54, 1.807) is 7.05 Å². The zero-order valence-corrected chi connectivity index (χ0v) is 10.3. The molecule has 100 valence electrons. The highest BCUT2D eigenvalue weighted by molar-refractivity contribution is 5.57. The lowest BCUT2D eigenvalue weighted by Crippen LogP contribution is -2.47. The highest BCUT2D eigenvalue weighted by Gasteiger charge is 2.26. The van der Waals surface area contributed by atoms with Crippen LogP contribution in [0.25, 0.3) is 0 Å². The van der Waals surface area contributed by atoms with E-state index in [1.165, 1.54) is 10.9 Å². The Hall–Kier alpha value is -1.67. The number of rotatable bonds is 4. The fourth-order valence-electron chi connectivity index (χ4n) is 2.14. The van der Waals surface area contributed by atoms with Crippen molar-refractivity contribution < 1.29 is 10.0 Å². The Morgan fingerprint density at radius 3 is 2.67 bits per heavy atom. The molecule has 0 bridgehead atoms. The van der Waals surface area contributed by atoms with E-state index in [0.29, 0.717) is 25.5 Å². The van der Waals surface area contributed by atoms with Gasteiger partial charge in [-0.2, -0.15) is 0 Å². The lowest BCUT2D eigenvalue weighted by molar-refractivity contribution is -0.384. The maximum absolute atomic E-state index is 10.9. The van der Waals surface area contributed by atoms with Gasteiger partial charge in [-0.15, -0.1) is 5.10 Å². The molecule has 0 amide bonds. The number of aromatic nitrogens is 2. The largest absolute Gasteiger partial charge is 0.395 e. The summed E-state index contributed by atoms with van der Waals surface area (Å²) in [5, 5.41) is 23.9. The van der Waals surface area contributed by atoms with Gasteiger partial charge in [0.25, 0.3) is 0 Å². The summed E-state index contributed by atoms with van der Waals surface area (Å²) in [6, 6.07) is 0. The van der Waals surface area contributed by atoms with Crippen LogP contribution in [0, 0.1) is 10.1 Å². The number of aliphatic hydroxyl groups is 1. The minimum atomic E-state index is -0.400. The lowest BCUT2D eigenvalue weighted by Gasteiger charge is -2.33. The number of anilines is 1. The van der Waals surface area contributed by atoms with E-state index in [2.05, 4.69) is 10.00 Å². The van der Waals surface area contributed by atoms with Crippen molar-refractivity contribution in [2.24, 2.45) is 7.05 Å². The Bertz CT molecular complexity index is 425. The molecule has 2 heterocycles. The second kappa shape index (κ2) is 5.32. The SMILES string of the molecule is Cn1cc([N+](=O)[O-])c(N2CCN(CCO)CC2)n1. The van der Waals surface area contributed by atoms with Crippen LogP contribution >= 0.6 is 0 Å². The molecule has 18 heavy (non-hydrogen) atoms. The average Bonchev–Trinajstić information content (AvgIpc) is 2.73. The molecule has 8 nitrogen and oxygen atoms in total. The molecule has 0 unspecified atom stereocenters. The summed E-state index contributed by atoms with van der Waals surface area (Å²) >= 11 is 0. The molecule has 1 aliphatic heterocycles. The summed E-state index contributed by atoms with van der Waals surface area (Å²) in [5.74, 6) is 0.436. The standard InChI is InChI=1S/C10H17N5O3/c1-12-8-9(15(17)18)10(11-12)14-4-2-13(3-5-14)6-7-16/h8,16H,2-7H2,1H3. The van der Waals surface area contributed by atoms with Crippen molar-refractivity contribution >= 4 is 11.5 Å². The first kappa shape index (κ1) is 12.8. The summed E-state index contributed by atoms with van der Waals surface area (Å²) in [5.41, 5.74) is 0.0492. The topological polar surface area (TPSA) is 87.7 Å². The van der Waals surface area contributed by atoms with Crippen LogP contribution in [0.3, 0.4) is 0 Å². The molecule has 0 atom stereocenters. The van der Waals surface area contributed by atoms with Gasteiger partial charge in [0.15, 0.2) is 0 Å². The van der Waals surface area contributed by atoms with Crippen molar-refractivity contribution in [3.63, 3.8) is 0 Å². The minimum Gasteiger partial charge on any atom is -0.395 e. The van der Waals surface area contributed by atoms with Crippen molar-refractivity contribution in [1.29, 1.82) is 0 Å². The van der Waals surface area contributed by atoms with E-state index >= 15 is 0 Å². The van der Waals surface area contributed by atoms with Crippen LogP contribution in [0.2, 0.25) is 0 Å². The molecule has 2 rings (SSSR count). The Morgan fingerprint density at radius 2 is 2.11 bits per heavy atom. The number of nitrogens with zero attached hydrogens (tertiary/aromatic N) is 5. The molecule has 0 saturated carbocycles. The first-order valence-corrected chi connectivity index (χ1v) is 5.88. The Labute approximate surface area is 105 Å². The molecular weight excluding hydrogens is 238 g/mol. The lowest BCUT2D eigenvalue weighted by atomic mass is 10.3. The monoisotopic (exact) mass is 255 g/mol. The number of β-amino-alcohol motifs (C(OH)–C–C–N with tert-alkyl or cyclic N) is 1. The third kappa shape index (κ3) is 2.59. The molecule has 1 aliphatic rings. The van der Waals surface area contributed by atoms with Crippen LogP contribution in [0.4, 0.5) is 11.5 Å². The average molecular weight is 255 g/mol. The van der Waals surface area contributed by atoms with Gasteiger partial charge >= 0.3 is 5.69 Å². The molecule has 1 saturated heterocycles. The minimum absolute atomic E-state index is 0.0492. The summed E-state index contributed by atoms with van der Waals surface area (Å²) in [4.78, 5) is 14.6. The van der Waals surface area contributed by atoms with Crippen molar-refractivity contribution in [3.05, 3.63) is 16.3 Å². The van der Waals surface area contributed by atoms with Crippen molar-refractivity contribution in [2.45, 2.75) is 0 Å². The molecule has 1 aromatic heterocycles. The second-order valence-electron chi connectivity index (χ2n) is 4.32. The molecule has 1 N–H and O–H groups in total. The van der Waals surface area contributed by atoms with Crippen LogP contribution in [0.15, 0.2) is 6.20 Å². The van der Waals surface area contributed by atoms with Crippen molar-refractivity contribution in [1.82, 2.24) is 14.7 Å². The first-order valence-electron chi connectivity index (χ1n) is 5.88. The van der Waals surface area contributed by atoms with Crippen LogP contribution in [0.5, 0.6) is 0 Å². The Morgan fingerprint density at radius 1 is 1.44 bits per heavy atom. The molecular formula is C10H17N5O3. The highest BCUT2D eigenvalue weighted by atomic mass is 16.6. The van der Waals surface area contributed by atoms with Gasteiger partial charge in [-0.05, 0) is 0 Å². The summed E-state index contributed by atoms with van der Waals surface area (Å²) in [6.07, 6.45) is 1.43. The number of nitro groups is 1. The van der Waals surface area contributed by atoms with Crippen molar-refractivity contribution in [3.8, 4) is 0 Å². The molecule has 0 spiro atoms. The number of piperazine rings is 1. The first-order chi connectivity index (χ1) is 8.61. The normalized spacial score (nSPS) is 17.1. The highest BCUT2D eigenvalue weighted by Crippen LogP contribution is 2.26. The summed E-state index contributed by atoms with van der Waals surface area (Å²) in [6.45, 7) is 3.75. The fourth-order valence-corrected chi connectivity index (χ4v) is 2.14. The van der Waals surface area contributed by atoms with Gasteiger partial charge in [0, 0.05) is 39.8 Å². The van der Waals surface area contributed by atoms with Gasteiger partial charge in [-0.25, -0.2) is 0 Å². The van der Waals surface area contributed by atoms with Crippen molar-refractivity contribution in [2.75, 3.05) is 44.2 Å². The molecule has 1 fully saturated rings. The van der Waals surface area contributed by atoms with E-state index in [4.69, 9.17) is 5.11 Å². The number of aliphatic hydroxyl groups excluding tert-OH is 1. The van der Waals surface area contributed by atoms with Crippen LogP contribution < -0.4 is 4.90 Å². The van der Waals surface area contributed by atoms with E-state index in [-0.39, 0.29) is 12.3 Å². The van der Waals surface area contributed by atoms with E-state index in [0.717, 1.165) is 13.1 Å². The molecule has 8 heteroatoms. The van der Waals surface area contributed by atoms with Gasteiger partial charge in [0.1, 0.15) is 6.20 Å². The van der Waals surface area contributed by atoms with Gasteiger partial charge in [0.05, 0.1) is 11.5 Å². The molecule has 0 aliphatic carbocycles. The predicted molar refractivity (Wildman–Crippen MR) is 65.6 cm³/mol. The number of hydrogen-bond acceptors (Lipinski definition) is 6. The van der Waals surface area contributed by atoms with Gasteiger partial charge < -0.3 is 10.0 Å². The van der Waals surface area contributed by atoms with Crippen LogP contribution in [-0.4, -0.2) is 64.0 Å². The van der Waals surface area contributed by atoms with Crippen LogP contribution in [0.1, 0.15) is 0 Å². The molecule has 0 radical (unpaired) electrons. The summed E-state index contributed by atoms with van der Waals surface area (Å²) < 4.78 is 1.47. The maximum Gasteiger partial charge on any atom is 0.330 e. The number of aryl methyl sites for hydroxylation is 1. The number of hydrogen-bond donors (Lipinski definition) is 1. The van der Waals surface area contributed by atoms with Crippen LogP contribution in [-0.2, 0) is 7.05 Å². The predicted octanol–water partition coefficient (Wildman–Crippen LogP) is -0.557. The zero-order valence-electron chi connectivity index (χ0n) is 10.3. The third-order valence-corrected chi connectivity index (χ3v) is 3.08. The quantitative estimate of drug-likeness (QED) is 0.573. The maximum atomic E-state index is 10.9. The Balaban J connectivity index is 2.07. The van der Waals surface area contributed by atoms with Gasteiger partial charge in [-0.1, -0.05) is 0 Å². The molecule has 1 aromatic rings. The smallest absolute Gasteiger partial charge is 0.330 e. The van der Waals surface area contributed by atoms with Gasteiger partial charge in [-0.3, -0.25) is 19.7 Å². The zero-order chi connectivity index (χ0) is 13.1. The third-order valence-electron chi connectivity index (χ3n) is 3.08. The Kier molecular flexibility index (Phi) is 3.78. The summed E-state index contributed by atoms with van der Waals surface area (Å²) in [7, 11) is 1.68. The van der Waals surface area contributed by atoms with E-state index in [9.17, 15) is 10.1 Å². The van der Waals surface area contributed by atoms with E-state index < -0.39 is 4.92 Å². The van der Waals surface area contributed by atoms with E-state index in [1.807, 2.05) is 4.90 Å². The second-order valence-corrected chi connectivity index (χ2v) is 4.32.